The number of aromatic nitrogens is 2. The van der Waals surface area contributed by atoms with Crippen molar-refractivity contribution in [2.75, 3.05) is 39.3 Å². The Morgan fingerprint density at radius 1 is 0.789 bits per heavy atom. The van der Waals surface area contributed by atoms with E-state index in [4.69, 9.17) is 14.2 Å². The van der Waals surface area contributed by atoms with Crippen LogP contribution in [0.5, 0.6) is 17.2 Å². The van der Waals surface area contributed by atoms with Gasteiger partial charge in [0.05, 0.1) is 38.6 Å². The zero-order valence-corrected chi connectivity index (χ0v) is 22.6. The molecule has 0 aliphatic carbocycles. The molecule has 0 saturated heterocycles. The smallest absolute Gasteiger partial charge is 0.274 e. The van der Waals surface area contributed by atoms with E-state index in [9.17, 15) is 4.79 Å². The van der Waals surface area contributed by atoms with Crippen molar-refractivity contribution >= 4 is 22.6 Å². The average molecular weight is 515 g/mol. The number of fused-ring (bicyclic) bond motifs is 1. The van der Waals surface area contributed by atoms with Crippen LogP contribution in [0.3, 0.4) is 0 Å². The van der Waals surface area contributed by atoms with E-state index in [1.807, 2.05) is 36.4 Å². The molecule has 0 aliphatic rings. The maximum atomic E-state index is 13.8. The second kappa shape index (κ2) is 12.3. The molecule has 0 aliphatic heterocycles. The van der Waals surface area contributed by atoms with Crippen LogP contribution in [0.25, 0.3) is 11.0 Å². The summed E-state index contributed by atoms with van der Waals surface area (Å²) < 4.78 is 16.5. The maximum absolute atomic E-state index is 13.8. The first-order valence-electron chi connectivity index (χ1n) is 12.6. The molecular formula is C30H34N4O4. The van der Waals surface area contributed by atoms with Crippen molar-refractivity contribution < 1.29 is 19.0 Å². The highest BCUT2D eigenvalue weighted by Gasteiger charge is 2.21. The van der Waals surface area contributed by atoms with Crippen LogP contribution in [0.2, 0.25) is 0 Å². The van der Waals surface area contributed by atoms with Gasteiger partial charge in [-0.15, -0.1) is 0 Å². The van der Waals surface area contributed by atoms with Gasteiger partial charge in [0, 0.05) is 31.9 Å². The second-order valence-electron chi connectivity index (χ2n) is 8.78. The Morgan fingerprint density at radius 3 is 1.97 bits per heavy atom. The molecule has 8 heteroatoms. The van der Waals surface area contributed by atoms with Crippen molar-refractivity contribution in [2.24, 2.45) is 0 Å². The van der Waals surface area contributed by atoms with E-state index in [1.54, 1.807) is 26.2 Å². The molecule has 0 atom stereocenters. The Labute approximate surface area is 223 Å². The average Bonchev–Trinajstić information content (AvgIpc) is 2.97. The van der Waals surface area contributed by atoms with Crippen molar-refractivity contribution in [3.63, 3.8) is 0 Å². The molecule has 0 unspecified atom stereocenters. The van der Waals surface area contributed by atoms with Gasteiger partial charge < -0.3 is 24.0 Å². The van der Waals surface area contributed by atoms with E-state index in [0.717, 1.165) is 35.4 Å². The summed E-state index contributed by atoms with van der Waals surface area (Å²) >= 11 is 0. The van der Waals surface area contributed by atoms with Gasteiger partial charge in [-0.1, -0.05) is 24.3 Å². The van der Waals surface area contributed by atoms with Gasteiger partial charge in [-0.2, -0.15) is 0 Å². The topological polar surface area (TPSA) is 77.0 Å². The van der Waals surface area contributed by atoms with Gasteiger partial charge in [0.15, 0.2) is 11.5 Å². The van der Waals surface area contributed by atoms with Crippen LogP contribution in [0, 0.1) is 0 Å². The van der Waals surface area contributed by atoms with E-state index in [2.05, 4.69) is 53.0 Å². The number of ether oxygens (including phenoxy) is 3. The Morgan fingerprint density at radius 2 is 1.39 bits per heavy atom. The van der Waals surface area contributed by atoms with Crippen LogP contribution in [0.15, 0.2) is 66.9 Å². The highest BCUT2D eigenvalue weighted by molar-refractivity contribution is 5.93. The van der Waals surface area contributed by atoms with Gasteiger partial charge in [0.25, 0.3) is 5.91 Å². The quantitative estimate of drug-likeness (QED) is 0.267. The van der Waals surface area contributed by atoms with Gasteiger partial charge in [-0.05, 0) is 61.4 Å². The molecular weight excluding hydrogens is 480 g/mol. The summed E-state index contributed by atoms with van der Waals surface area (Å²) in [6, 6.07) is 19.6. The lowest BCUT2D eigenvalue weighted by Gasteiger charge is -2.25. The molecule has 38 heavy (non-hydrogen) atoms. The van der Waals surface area contributed by atoms with Crippen molar-refractivity contribution in [1.82, 2.24) is 14.9 Å². The standard InChI is InChI=1S/C30H34N4O4/c1-6-33(7-2)23-14-12-21(13-15-23)19-34(20-22-16-27(36-3)29(38-5)28(17-22)37-4)30(35)26-18-31-24-10-8-9-11-25(24)32-26/h8-18H,6-7,19-20H2,1-5H3. The first-order valence-corrected chi connectivity index (χ1v) is 12.6. The minimum atomic E-state index is -0.218. The number of nitrogens with zero attached hydrogens (tertiary/aromatic N) is 4. The van der Waals surface area contributed by atoms with Crippen molar-refractivity contribution in [2.45, 2.75) is 26.9 Å². The molecule has 4 aromatic rings. The van der Waals surface area contributed by atoms with Crippen molar-refractivity contribution in [1.29, 1.82) is 0 Å². The number of para-hydroxylation sites is 2. The fraction of sp³-hybridized carbons (Fsp3) is 0.300. The van der Waals surface area contributed by atoms with Crippen LogP contribution < -0.4 is 19.1 Å². The van der Waals surface area contributed by atoms with E-state index in [-0.39, 0.29) is 11.6 Å². The lowest BCUT2D eigenvalue weighted by molar-refractivity contribution is 0.0723. The summed E-state index contributed by atoms with van der Waals surface area (Å²) in [7, 11) is 4.72. The SMILES string of the molecule is CCN(CC)c1ccc(CN(Cc2cc(OC)c(OC)c(OC)c2)C(=O)c2cnc3ccccc3n2)cc1. The number of methoxy groups -OCH3 is 3. The Hall–Kier alpha value is -4.33. The number of carbonyl (C=O) groups is 1. The van der Waals surface area contributed by atoms with E-state index >= 15 is 0 Å². The number of amides is 1. The predicted molar refractivity (Wildman–Crippen MR) is 149 cm³/mol. The summed E-state index contributed by atoms with van der Waals surface area (Å²) in [5, 5.41) is 0. The minimum absolute atomic E-state index is 0.218. The van der Waals surface area contributed by atoms with Gasteiger partial charge in [-0.25, -0.2) is 4.98 Å². The van der Waals surface area contributed by atoms with E-state index in [1.165, 1.54) is 6.20 Å². The largest absolute Gasteiger partial charge is 0.493 e. The lowest BCUT2D eigenvalue weighted by atomic mass is 10.1. The summed E-state index contributed by atoms with van der Waals surface area (Å²) in [4.78, 5) is 26.9. The third kappa shape index (κ3) is 5.80. The van der Waals surface area contributed by atoms with Gasteiger partial charge in [-0.3, -0.25) is 9.78 Å². The predicted octanol–water partition coefficient (Wildman–Crippen LogP) is 5.34. The molecule has 0 N–H and O–H groups in total. The van der Waals surface area contributed by atoms with Crippen LogP contribution in [-0.4, -0.2) is 55.2 Å². The highest BCUT2D eigenvalue weighted by atomic mass is 16.5. The number of rotatable bonds is 11. The number of hydrogen-bond donors (Lipinski definition) is 0. The third-order valence-corrected chi connectivity index (χ3v) is 6.49. The number of hydrogen-bond acceptors (Lipinski definition) is 7. The van der Waals surface area contributed by atoms with Crippen LogP contribution in [-0.2, 0) is 13.1 Å². The second-order valence-corrected chi connectivity index (χ2v) is 8.78. The number of benzene rings is 3. The minimum Gasteiger partial charge on any atom is -0.493 e. The van der Waals surface area contributed by atoms with Crippen LogP contribution in [0.4, 0.5) is 5.69 Å². The van der Waals surface area contributed by atoms with E-state index < -0.39 is 0 Å². The van der Waals surface area contributed by atoms with Crippen LogP contribution in [0.1, 0.15) is 35.5 Å². The highest BCUT2D eigenvalue weighted by Crippen LogP contribution is 2.38. The summed E-state index contributed by atoms with van der Waals surface area (Å²) in [5.74, 6) is 1.35. The van der Waals surface area contributed by atoms with Gasteiger partial charge >= 0.3 is 0 Å². The fourth-order valence-corrected chi connectivity index (χ4v) is 4.49. The monoisotopic (exact) mass is 514 g/mol. The summed E-state index contributed by atoms with van der Waals surface area (Å²) in [6.45, 7) is 6.84. The fourth-order valence-electron chi connectivity index (χ4n) is 4.49. The maximum Gasteiger partial charge on any atom is 0.274 e. The van der Waals surface area contributed by atoms with Gasteiger partial charge in [0.1, 0.15) is 5.69 Å². The molecule has 3 aromatic carbocycles. The Balaban J connectivity index is 1.69. The molecule has 0 radical (unpaired) electrons. The van der Waals surface area contributed by atoms with Crippen LogP contribution >= 0.6 is 0 Å². The van der Waals surface area contributed by atoms with E-state index in [0.29, 0.717) is 35.9 Å². The van der Waals surface area contributed by atoms with Crippen molar-refractivity contribution in [3.05, 3.63) is 83.7 Å². The molecule has 0 fully saturated rings. The Bertz CT molecular complexity index is 1360. The zero-order chi connectivity index (χ0) is 27.1. The lowest BCUT2D eigenvalue weighted by Crippen LogP contribution is -2.31. The number of anilines is 1. The molecule has 1 amide bonds. The molecule has 1 heterocycles. The molecule has 198 valence electrons. The first-order chi connectivity index (χ1) is 18.5. The summed E-state index contributed by atoms with van der Waals surface area (Å²) in [6.07, 6.45) is 1.54. The molecule has 0 saturated carbocycles. The summed E-state index contributed by atoms with van der Waals surface area (Å²) in [5.41, 5.74) is 4.70. The molecule has 4 rings (SSSR count). The normalized spacial score (nSPS) is 10.8. The van der Waals surface area contributed by atoms with Gasteiger partial charge in [0.2, 0.25) is 5.75 Å². The third-order valence-electron chi connectivity index (χ3n) is 6.49. The molecule has 0 spiro atoms. The molecule has 8 nitrogen and oxygen atoms in total. The Kier molecular flexibility index (Phi) is 8.63. The molecule has 1 aromatic heterocycles. The molecule has 0 bridgehead atoms. The number of carbonyl (C=O) groups excluding carboxylic acids is 1. The first kappa shape index (κ1) is 26.7. The zero-order valence-electron chi connectivity index (χ0n) is 22.6. The van der Waals surface area contributed by atoms with Crippen molar-refractivity contribution in [3.8, 4) is 17.2 Å².